The number of rotatable bonds is 2. The van der Waals surface area contributed by atoms with Crippen LogP contribution in [-0.4, -0.2) is 25.8 Å². The molecule has 1 aromatic carbocycles. The van der Waals surface area contributed by atoms with E-state index in [9.17, 15) is 8.42 Å². The third kappa shape index (κ3) is 1.63. The van der Waals surface area contributed by atoms with Crippen LogP contribution in [0.15, 0.2) is 47.4 Å². The monoisotopic (exact) mass is 275 g/mol. The highest BCUT2D eigenvalue weighted by atomic mass is 32.2. The lowest BCUT2D eigenvalue weighted by Crippen LogP contribution is -2.30. The molecule has 4 atom stereocenters. The van der Waals surface area contributed by atoms with Crippen molar-refractivity contribution in [3.8, 4) is 0 Å². The molecule has 3 nitrogen and oxygen atoms in total. The van der Waals surface area contributed by atoms with Crippen molar-refractivity contribution in [2.24, 2.45) is 23.7 Å². The third-order valence-electron chi connectivity index (χ3n) is 5.01. The van der Waals surface area contributed by atoms with E-state index < -0.39 is 10.0 Å². The Morgan fingerprint density at radius 1 is 0.947 bits per heavy atom. The summed E-state index contributed by atoms with van der Waals surface area (Å²) in [5.74, 6) is 2.33. The number of hydrogen-bond acceptors (Lipinski definition) is 2. The van der Waals surface area contributed by atoms with E-state index in [0.717, 1.165) is 0 Å². The molecule has 0 radical (unpaired) electrons. The molecule has 1 aliphatic heterocycles. The summed E-state index contributed by atoms with van der Waals surface area (Å²) < 4.78 is 26.9. The molecule has 0 unspecified atom stereocenters. The second kappa shape index (κ2) is 3.93. The number of allylic oxidation sites excluding steroid dienone is 2. The molecule has 100 valence electrons. The van der Waals surface area contributed by atoms with E-state index in [1.807, 2.05) is 6.07 Å². The average Bonchev–Trinajstić information content (AvgIpc) is 3.12. The van der Waals surface area contributed by atoms with Crippen molar-refractivity contribution >= 4 is 10.0 Å². The topological polar surface area (TPSA) is 37.4 Å². The molecule has 0 spiro atoms. The van der Waals surface area contributed by atoms with E-state index in [2.05, 4.69) is 12.2 Å². The highest BCUT2D eigenvalue weighted by Gasteiger charge is 2.51. The molecule has 3 aliphatic rings. The van der Waals surface area contributed by atoms with E-state index in [-0.39, 0.29) is 0 Å². The zero-order chi connectivity index (χ0) is 13.0. The summed E-state index contributed by atoms with van der Waals surface area (Å²) in [5.41, 5.74) is 0. The second-order valence-electron chi connectivity index (χ2n) is 5.91. The lowest BCUT2D eigenvalue weighted by Gasteiger charge is -2.18. The average molecular weight is 275 g/mol. The first-order chi connectivity index (χ1) is 9.16. The van der Waals surface area contributed by atoms with Crippen LogP contribution in [-0.2, 0) is 10.0 Å². The van der Waals surface area contributed by atoms with Crippen LogP contribution in [0.3, 0.4) is 0 Å². The highest BCUT2D eigenvalue weighted by molar-refractivity contribution is 7.89. The normalized spacial score (nSPS) is 36.8. The maximum absolute atomic E-state index is 12.6. The van der Waals surface area contributed by atoms with Gasteiger partial charge < -0.3 is 0 Å². The Labute approximate surface area is 114 Å². The predicted molar refractivity (Wildman–Crippen MR) is 72.9 cm³/mol. The van der Waals surface area contributed by atoms with E-state index in [1.54, 1.807) is 28.6 Å². The maximum Gasteiger partial charge on any atom is 0.243 e. The molecule has 19 heavy (non-hydrogen) atoms. The lowest BCUT2D eigenvalue weighted by atomic mass is 9.86. The first kappa shape index (κ1) is 11.7. The first-order valence-corrected chi connectivity index (χ1v) is 8.34. The number of nitrogens with zero attached hydrogens (tertiary/aromatic N) is 1. The van der Waals surface area contributed by atoms with Crippen molar-refractivity contribution in [1.82, 2.24) is 4.31 Å². The Hall–Kier alpha value is -1.13. The van der Waals surface area contributed by atoms with Crippen LogP contribution in [0.5, 0.6) is 0 Å². The molecule has 2 fully saturated rings. The summed E-state index contributed by atoms with van der Waals surface area (Å²) in [4.78, 5) is 0.426. The van der Waals surface area contributed by atoms with Crippen LogP contribution in [0, 0.1) is 23.7 Å². The number of fused-ring (bicyclic) bond motifs is 5. The summed E-state index contributed by atoms with van der Waals surface area (Å²) >= 11 is 0. The van der Waals surface area contributed by atoms with Crippen molar-refractivity contribution in [1.29, 1.82) is 0 Å². The minimum atomic E-state index is -3.29. The summed E-state index contributed by atoms with van der Waals surface area (Å²) in [5, 5.41) is 0. The van der Waals surface area contributed by atoms with E-state index in [4.69, 9.17) is 0 Å². The largest absolute Gasteiger partial charge is 0.243 e. The maximum atomic E-state index is 12.6. The Morgan fingerprint density at radius 3 is 2.11 bits per heavy atom. The molecule has 2 aliphatic carbocycles. The molecule has 0 aromatic heterocycles. The number of sulfonamides is 1. The van der Waals surface area contributed by atoms with Gasteiger partial charge in [0.15, 0.2) is 0 Å². The van der Waals surface area contributed by atoms with Gasteiger partial charge in [-0.25, -0.2) is 8.42 Å². The molecule has 0 N–H and O–H groups in total. The molecular formula is C15H17NO2S. The van der Waals surface area contributed by atoms with Crippen molar-refractivity contribution in [3.05, 3.63) is 42.5 Å². The van der Waals surface area contributed by atoms with Gasteiger partial charge in [0.2, 0.25) is 10.0 Å². The van der Waals surface area contributed by atoms with Crippen molar-refractivity contribution in [2.75, 3.05) is 13.1 Å². The fraction of sp³-hybridized carbons (Fsp3) is 0.467. The van der Waals surface area contributed by atoms with Gasteiger partial charge in [0, 0.05) is 13.1 Å². The Kier molecular flexibility index (Phi) is 2.42. The van der Waals surface area contributed by atoms with Gasteiger partial charge in [-0.15, -0.1) is 0 Å². The quantitative estimate of drug-likeness (QED) is 0.775. The van der Waals surface area contributed by atoms with Gasteiger partial charge in [0.25, 0.3) is 0 Å². The van der Waals surface area contributed by atoms with Crippen molar-refractivity contribution < 1.29 is 8.42 Å². The molecule has 1 heterocycles. The Morgan fingerprint density at radius 2 is 1.53 bits per heavy atom. The van der Waals surface area contributed by atoms with Crippen LogP contribution < -0.4 is 0 Å². The van der Waals surface area contributed by atoms with Gasteiger partial charge >= 0.3 is 0 Å². The molecule has 1 saturated heterocycles. The minimum absolute atomic E-state index is 0.426. The fourth-order valence-corrected chi connectivity index (χ4v) is 5.59. The third-order valence-corrected chi connectivity index (χ3v) is 6.86. The Balaban J connectivity index is 1.63. The lowest BCUT2D eigenvalue weighted by molar-refractivity contribution is 0.395. The molecule has 4 rings (SSSR count). The fourth-order valence-electron chi connectivity index (χ4n) is 4.05. The predicted octanol–water partition coefficient (Wildman–Crippen LogP) is 2.13. The van der Waals surface area contributed by atoms with E-state index in [0.29, 0.717) is 41.7 Å². The molecule has 1 aromatic rings. The van der Waals surface area contributed by atoms with Crippen molar-refractivity contribution in [2.45, 2.75) is 11.3 Å². The van der Waals surface area contributed by atoms with Crippen LogP contribution in [0.2, 0.25) is 0 Å². The molecular weight excluding hydrogens is 258 g/mol. The van der Waals surface area contributed by atoms with Gasteiger partial charge in [-0.1, -0.05) is 30.4 Å². The summed E-state index contributed by atoms with van der Waals surface area (Å²) in [6.07, 6.45) is 5.84. The minimum Gasteiger partial charge on any atom is -0.207 e. The molecule has 4 heteroatoms. The van der Waals surface area contributed by atoms with E-state index in [1.165, 1.54) is 6.42 Å². The second-order valence-corrected chi connectivity index (χ2v) is 7.85. The molecule has 2 bridgehead atoms. The molecule has 0 amide bonds. The standard InChI is InChI=1S/C15H17NO2S/c17-19(18,13-4-2-1-3-5-13)16-9-14-11-6-7-12(8-11)15(14)10-16/h1-7,11-12,14-15H,8-10H2/t11-,12+,14+,15-. The van der Waals surface area contributed by atoms with Gasteiger partial charge in [0.1, 0.15) is 0 Å². The van der Waals surface area contributed by atoms with Gasteiger partial charge in [-0.2, -0.15) is 4.31 Å². The zero-order valence-electron chi connectivity index (χ0n) is 10.6. The van der Waals surface area contributed by atoms with E-state index >= 15 is 0 Å². The van der Waals surface area contributed by atoms with Crippen LogP contribution in [0.4, 0.5) is 0 Å². The summed E-state index contributed by atoms with van der Waals surface area (Å²) in [6.45, 7) is 1.40. The van der Waals surface area contributed by atoms with Crippen LogP contribution in [0.1, 0.15) is 6.42 Å². The van der Waals surface area contributed by atoms with Crippen LogP contribution >= 0.6 is 0 Å². The highest BCUT2D eigenvalue weighted by Crippen LogP contribution is 2.52. The van der Waals surface area contributed by atoms with Crippen LogP contribution in [0.25, 0.3) is 0 Å². The summed E-state index contributed by atoms with van der Waals surface area (Å²) in [6, 6.07) is 8.80. The Bertz CT molecular complexity index is 603. The van der Waals surface area contributed by atoms with Gasteiger partial charge in [0.05, 0.1) is 4.90 Å². The smallest absolute Gasteiger partial charge is 0.207 e. The molecule has 1 saturated carbocycles. The summed E-state index contributed by atoms with van der Waals surface area (Å²) in [7, 11) is -3.29. The number of benzene rings is 1. The SMILES string of the molecule is O=S(=O)(c1ccccc1)N1C[C@@H]2[C@H](C1)[C@H]1C=C[C@@H]2C1. The first-order valence-electron chi connectivity index (χ1n) is 6.90. The van der Waals surface area contributed by atoms with Crippen molar-refractivity contribution in [3.63, 3.8) is 0 Å². The zero-order valence-corrected chi connectivity index (χ0v) is 11.5. The van der Waals surface area contributed by atoms with Gasteiger partial charge in [-0.05, 0) is 42.2 Å². The number of hydrogen-bond donors (Lipinski definition) is 0. The van der Waals surface area contributed by atoms with Gasteiger partial charge in [-0.3, -0.25) is 0 Å².